The van der Waals surface area contributed by atoms with Gasteiger partial charge in [0, 0.05) is 66.4 Å². The summed E-state index contributed by atoms with van der Waals surface area (Å²) in [5.74, 6) is 2.79. The number of benzene rings is 9. The fourth-order valence-electron chi connectivity index (χ4n) is 9.53. The highest BCUT2D eigenvalue weighted by atomic mass is 15.0. The molecule has 0 bridgehead atoms. The Kier molecular flexibility index (Phi) is 11.5. The van der Waals surface area contributed by atoms with Crippen LogP contribution in [0.3, 0.4) is 0 Å². The first kappa shape index (κ1) is 44.9. The van der Waals surface area contributed by atoms with Crippen molar-refractivity contribution in [2.24, 2.45) is 0 Å². The van der Waals surface area contributed by atoms with E-state index < -0.39 is 0 Å². The first-order valence-electron chi connectivity index (χ1n) is 23.8. The molecule has 11 heteroatoms. The lowest BCUT2D eigenvalue weighted by molar-refractivity contribution is 1.07. The zero-order valence-electron chi connectivity index (χ0n) is 39.6. The number of nitrogens with zero attached hydrogens (tertiary/aromatic N) is 11. The van der Waals surface area contributed by atoms with Crippen molar-refractivity contribution in [3.05, 3.63) is 235 Å². The predicted octanol–water partition coefficient (Wildman–Crippen LogP) is 14.0. The molecule has 3 aromatic heterocycles. The van der Waals surface area contributed by atoms with Crippen LogP contribution in [-0.4, -0.2) is 34.5 Å². The summed E-state index contributed by atoms with van der Waals surface area (Å²) < 4.78 is 2.15. The van der Waals surface area contributed by atoms with Gasteiger partial charge in [-0.25, -0.2) is 29.9 Å². The maximum absolute atomic E-state index is 10.9. The van der Waals surface area contributed by atoms with Crippen molar-refractivity contribution in [2.45, 2.75) is 0 Å². The molecule has 0 aliphatic rings. The molecule has 0 saturated heterocycles. The van der Waals surface area contributed by atoms with E-state index in [1.54, 1.807) is 36.4 Å². The van der Waals surface area contributed by atoms with Crippen molar-refractivity contribution >= 4 is 21.8 Å². The first-order chi connectivity index (χ1) is 37.0. The monoisotopic (exact) mass is 957 g/mol. The molecule has 0 aliphatic carbocycles. The fourth-order valence-corrected chi connectivity index (χ4v) is 9.53. The number of fused-ring (bicyclic) bond motifs is 3. The maximum atomic E-state index is 10.9. The van der Waals surface area contributed by atoms with Gasteiger partial charge in [0.15, 0.2) is 34.9 Å². The lowest BCUT2D eigenvalue weighted by atomic mass is 9.88. The van der Waals surface area contributed by atoms with Gasteiger partial charge in [0.2, 0.25) is 0 Å². The van der Waals surface area contributed by atoms with Crippen molar-refractivity contribution in [3.63, 3.8) is 0 Å². The lowest BCUT2D eigenvalue weighted by Gasteiger charge is -2.22. The van der Waals surface area contributed by atoms with Gasteiger partial charge in [0.05, 0.1) is 63.3 Å². The number of hydrogen-bond donors (Lipinski definition) is 0. The molecule has 0 fully saturated rings. The molecule has 0 unspecified atom stereocenters. The minimum atomic E-state index is 0.255. The Balaban J connectivity index is 1.18. The molecule has 0 saturated carbocycles. The summed E-state index contributed by atoms with van der Waals surface area (Å²) in [6.07, 6.45) is 0. The van der Waals surface area contributed by atoms with Gasteiger partial charge in [-0.15, -0.1) is 0 Å². The molecule has 0 atom stereocenters. The molecular weight excluding hydrogens is 923 g/mol. The van der Waals surface area contributed by atoms with Gasteiger partial charge in [-0.2, -0.15) is 21.0 Å². The number of aromatic nitrogens is 7. The smallest absolute Gasteiger partial charge is 0.164 e. The van der Waals surface area contributed by atoms with E-state index in [2.05, 4.69) is 41.0 Å². The Morgan fingerprint density at radius 3 is 1.07 bits per heavy atom. The third kappa shape index (κ3) is 8.33. The third-order valence-electron chi connectivity index (χ3n) is 13.0. The molecule has 3 heterocycles. The Hall–Kier alpha value is -11.2. The molecule has 12 rings (SSSR count). The van der Waals surface area contributed by atoms with E-state index >= 15 is 0 Å². The minimum Gasteiger partial charge on any atom is -0.308 e. The van der Waals surface area contributed by atoms with Gasteiger partial charge >= 0.3 is 0 Å². The second-order valence-electron chi connectivity index (χ2n) is 17.5. The Morgan fingerprint density at radius 1 is 0.280 bits per heavy atom. The summed E-state index contributed by atoms with van der Waals surface area (Å²) in [6, 6.07) is 76.4. The van der Waals surface area contributed by atoms with Crippen LogP contribution >= 0.6 is 0 Å². The molecular formula is C64H35N11. The summed E-state index contributed by atoms with van der Waals surface area (Å²) >= 11 is 0. The number of nitriles is 4. The molecule has 0 amide bonds. The summed E-state index contributed by atoms with van der Waals surface area (Å²) in [5.41, 5.74) is 10.2. The van der Waals surface area contributed by atoms with Crippen molar-refractivity contribution < 1.29 is 0 Å². The lowest BCUT2D eigenvalue weighted by Crippen LogP contribution is -2.05. The standard InChI is InChI=1S/C64H35N11/c65-36-40-25-28-50(48(31-40)38-67)54-34-47(64-73-61(44-19-9-3-10-20-44)70-62(74-64)45-21-11-4-12-22-45)35-55(51-29-26-41(37-66)32-49(51)39-68)58(54)75-56-24-14-13-23-52(56)53-33-46(27-30-57(53)75)63-71-59(42-15-5-1-6-16-42)69-60(72-63)43-17-7-2-8-18-43/h1-35H. The average molecular weight is 958 g/mol. The Bertz CT molecular complexity index is 4180. The van der Waals surface area contributed by atoms with Crippen LogP contribution in [0.15, 0.2) is 212 Å². The molecule has 75 heavy (non-hydrogen) atoms. The van der Waals surface area contributed by atoms with Gasteiger partial charge in [-0.1, -0.05) is 152 Å². The fraction of sp³-hybridized carbons (Fsp3) is 0. The number of hydrogen-bond acceptors (Lipinski definition) is 10. The topological polar surface area (TPSA) is 177 Å². The largest absolute Gasteiger partial charge is 0.308 e. The number of para-hydroxylation sites is 1. The van der Waals surface area contributed by atoms with Crippen LogP contribution in [0.1, 0.15) is 22.3 Å². The summed E-state index contributed by atoms with van der Waals surface area (Å²) in [4.78, 5) is 30.3. The van der Waals surface area contributed by atoms with Gasteiger partial charge in [-0.05, 0) is 60.7 Å². The highest BCUT2D eigenvalue weighted by molar-refractivity contribution is 6.12. The molecule has 11 nitrogen and oxygen atoms in total. The van der Waals surface area contributed by atoms with Gasteiger partial charge in [0.25, 0.3) is 0 Å². The maximum Gasteiger partial charge on any atom is 0.164 e. The van der Waals surface area contributed by atoms with Crippen LogP contribution in [0.25, 0.3) is 118 Å². The summed E-state index contributed by atoms with van der Waals surface area (Å²) in [5, 5.41) is 43.8. The molecule has 12 aromatic rings. The zero-order valence-corrected chi connectivity index (χ0v) is 39.6. The minimum absolute atomic E-state index is 0.255. The summed E-state index contributed by atoms with van der Waals surface area (Å²) in [6.45, 7) is 0. The quantitative estimate of drug-likeness (QED) is 0.135. The van der Waals surface area contributed by atoms with Crippen molar-refractivity contribution in [2.75, 3.05) is 0 Å². The highest BCUT2D eigenvalue weighted by Crippen LogP contribution is 2.46. The predicted molar refractivity (Wildman–Crippen MR) is 290 cm³/mol. The van der Waals surface area contributed by atoms with E-state index in [9.17, 15) is 21.0 Å². The van der Waals surface area contributed by atoms with Gasteiger partial charge < -0.3 is 4.57 Å². The van der Waals surface area contributed by atoms with Crippen LogP contribution < -0.4 is 0 Å². The second-order valence-corrected chi connectivity index (χ2v) is 17.5. The van der Waals surface area contributed by atoms with E-state index in [4.69, 9.17) is 29.9 Å². The molecule has 0 radical (unpaired) electrons. The highest BCUT2D eigenvalue weighted by Gasteiger charge is 2.26. The van der Waals surface area contributed by atoms with Crippen molar-refractivity contribution in [1.82, 2.24) is 34.5 Å². The Morgan fingerprint density at radius 2 is 0.653 bits per heavy atom. The third-order valence-corrected chi connectivity index (χ3v) is 13.0. The van der Waals surface area contributed by atoms with Crippen LogP contribution in [0.4, 0.5) is 0 Å². The molecule has 0 N–H and O–H groups in total. The van der Waals surface area contributed by atoms with Crippen LogP contribution in [-0.2, 0) is 0 Å². The second kappa shape index (κ2) is 19.2. The van der Waals surface area contributed by atoms with E-state index in [1.807, 2.05) is 164 Å². The van der Waals surface area contributed by atoms with Crippen LogP contribution in [0.5, 0.6) is 0 Å². The number of rotatable bonds is 9. The molecule has 346 valence electrons. The summed E-state index contributed by atoms with van der Waals surface area (Å²) in [7, 11) is 0. The first-order valence-corrected chi connectivity index (χ1v) is 23.8. The molecule has 0 aliphatic heterocycles. The molecule has 9 aromatic carbocycles. The Labute approximate surface area is 430 Å². The zero-order chi connectivity index (χ0) is 50.8. The van der Waals surface area contributed by atoms with E-state index in [1.165, 1.54) is 0 Å². The SMILES string of the molecule is N#Cc1ccc(-c2cc(-c3nc(-c4ccccc4)nc(-c4ccccc4)n3)cc(-c3ccc(C#N)cc3C#N)c2-n2c3ccccc3c3cc(-c4nc(-c5ccccc5)nc(-c5ccccc5)n4)ccc32)c(C#N)c1. The van der Waals surface area contributed by atoms with Crippen molar-refractivity contribution in [1.29, 1.82) is 21.0 Å². The van der Waals surface area contributed by atoms with Gasteiger partial charge in [0.1, 0.15) is 0 Å². The van der Waals surface area contributed by atoms with Crippen LogP contribution in [0, 0.1) is 45.3 Å². The van der Waals surface area contributed by atoms with E-state index in [0.29, 0.717) is 79.6 Å². The molecule has 0 spiro atoms. The van der Waals surface area contributed by atoms with Gasteiger partial charge in [-0.3, -0.25) is 0 Å². The van der Waals surface area contributed by atoms with Crippen LogP contribution in [0.2, 0.25) is 0 Å². The van der Waals surface area contributed by atoms with E-state index in [-0.39, 0.29) is 11.1 Å². The average Bonchev–Trinajstić information content (AvgIpc) is 3.83. The normalized spacial score (nSPS) is 10.9. The van der Waals surface area contributed by atoms with Crippen molar-refractivity contribution in [3.8, 4) is 121 Å². The van der Waals surface area contributed by atoms with E-state index in [0.717, 1.165) is 49.6 Å².